The Morgan fingerprint density at radius 2 is 1.71 bits per heavy atom. The second kappa shape index (κ2) is 5.69. The van der Waals surface area contributed by atoms with Crippen LogP contribution >= 0.6 is 63.7 Å². The van der Waals surface area contributed by atoms with Crippen molar-refractivity contribution in [3.05, 3.63) is 24.2 Å². The number of halogens is 4. The first-order valence-electron chi connectivity index (χ1n) is 4.94. The fourth-order valence-electron chi connectivity index (χ4n) is 1.60. The quantitative estimate of drug-likeness (QED) is 0.511. The maximum absolute atomic E-state index is 5.54. The van der Waals surface area contributed by atoms with Gasteiger partial charge in [-0.25, -0.2) is 4.98 Å². The molecule has 0 saturated carbocycles. The van der Waals surface area contributed by atoms with E-state index in [1.54, 1.807) is 0 Å². The Morgan fingerprint density at radius 1 is 1.06 bits per heavy atom. The van der Waals surface area contributed by atoms with Gasteiger partial charge in [-0.15, -0.1) is 0 Å². The highest BCUT2D eigenvalue weighted by Crippen LogP contribution is 2.42. The molecule has 2 aromatic rings. The van der Waals surface area contributed by atoms with E-state index in [9.17, 15) is 0 Å². The van der Waals surface area contributed by atoms with Crippen LogP contribution in [-0.2, 0) is 6.54 Å². The van der Waals surface area contributed by atoms with Crippen molar-refractivity contribution in [3.63, 3.8) is 0 Å². The zero-order valence-electron chi connectivity index (χ0n) is 8.68. The summed E-state index contributed by atoms with van der Waals surface area (Å²) in [5.41, 5.74) is 7.54. The lowest BCUT2D eigenvalue weighted by Gasteiger charge is -2.08. The average Bonchev–Trinajstić information content (AvgIpc) is 2.75. The zero-order valence-corrected chi connectivity index (χ0v) is 15.0. The van der Waals surface area contributed by atoms with Gasteiger partial charge in [-0.2, -0.15) is 0 Å². The molecular formula is C10H9Br4N3. The molecule has 17 heavy (non-hydrogen) atoms. The minimum atomic E-state index is 0.677. The van der Waals surface area contributed by atoms with Crippen molar-refractivity contribution < 1.29 is 0 Å². The number of imidazole rings is 1. The summed E-state index contributed by atoms with van der Waals surface area (Å²) < 4.78 is 5.99. The molecule has 0 spiro atoms. The Labute approximate surface area is 133 Å². The second-order valence-corrected chi connectivity index (χ2v) is 6.71. The van der Waals surface area contributed by atoms with Gasteiger partial charge >= 0.3 is 0 Å². The van der Waals surface area contributed by atoms with Crippen molar-refractivity contribution in [2.75, 3.05) is 6.54 Å². The van der Waals surface area contributed by atoms with Gasteiger partial charge in [0.1, 0.15) is 5.52 Å². The Morgan fingerprint density at radius 3 is 2.35 bits per heavy atom. The number of fused-ring (bicyclic) bond motifs is 1. The molecule has 7 heteroatoms. The maximum atomic E-state index is 5.54. The summed E-state index contributed by atoms with van der Waals surface area (Å²) in [5, 5.41) is 0. The van der Waals surface area contributed by atoms with E-state index in [0.29, 0.717) is 6.54 Å². The summed E-state index contributed by atoms with van der Waals surface area (Å²) in [6, 6.07) is 0. The first-order valence-corrected chi connectivity index (χ1v) is 8.12. The molecule has 0 amide bonds. The van der Waals surface area contributed by atoms with Crippen LogP contribution in [0.5, 0.6) is 0 Å². The van der Waals surface area contributed by atoms with E-state index in [0.717, 1.165) is 41.9 Å². The molecule has 92 valence electrons. The van der Waals surface area contributed by atoms with Crippen LogP contribution in [0.4, 0.5) is 0 Å². The number of rotatable bonds is 3. The Bertz CT molecular complexity index is 564. The van der Waals surface area contributed by atoms with Crippen LogP contribution in [0.3, 0.4) is 0 Å². The summed E-state index contributed by atoms with van der Waals surface area (Å²) in [6.07, 6.45) is 2.78. The van der Waals surface area contributed by atoms with E-state index in [2.05, 4.69) is 73.3 Å². The molecule has 0 fully saturated rings. The minimum Gasteiger partial charge on any atom is -0.330 e. The molecule has 0 aliphatic carbocycles. The van der Waals surface area contributed by atoms with Gasteiger partial charge in [0.15, 0.2) is 0 Å². The van der Waals surface area contributed by atoms with Gasteiger partial charge in [-0.1, -0.05) is 0 Å². The molecule has 0 bridgehead atoms. The molecule has 0 atom stereocenters. The molecule has 2 rings (SSSR count). The molecule has 0 unspecified atom stereocenters. The third kappa shape index (κ3) is 2.49. The molecule has 1 aromatic heterocycles. The molecule has 1 aromatic carbocycles. The third-order valence-electron chi connectivity index (χ3n) is 2.43. The van der Waals surface area contributed by atoms with Crippen LogP contribution in [0.25, 0.3) is 11.0 Å². The fraction of sp³-hybridized carbons (Fsp3) is 0.300. The predicted molar refractivity (Wildman–Crippen MR) is 84.2 cm³/mol. The molecule has 3 nitrogen and oxygen atoms in total. The molecule has 0 radical (unpaired) electrons. The number of aryl methyl sites for hydroxylation is 1. The Hall–Kier alpha value is 0.570. The van der Waals surface area contributed by atoms with Gasteiger partial charge in [-0.3, -0.25) is 0 Å². The predicted octanol–water partition coefficient (Wildman–Crippen LogP) is 4.44. The van der Waals surface area contributed by atoms with Crippen LogP contribution in [0.15, 0.2) is 24.2 Å². The van der Waals surface area contributed by atoms with Crippen LogP contribution in [0.1, 0.15) is 6.42 Å². The SMILES string of the molecule is NCCCn1cnc2c(Br)c(Br)c(Br)c(Br)c21. The molecule has 0 aliphatic rings. The third-order valence-corrected chi connectivity index (χ3v) is 7.16. The summed E-state index contributed by atoms with van der Waals surface area (Å²) >= 11 is 14.2. The van der Waals surface area contributed by atoms with E-state index in [1.807, 2.05) is 6.33 Å². The van der Waals surface area contributed by atoms with Gasteiger partial charge in [0.2, 0.25) is 0 Å². The number of hydrogen-bond donors (Lipinski definition) is 1. The largest absolute Gasteiger partial charge is 0.330 e. The highest BCUT2D eigenvalue weighted by atomic mass is 79.9. The maximum Gasteiger partial charge on any atom is 0.105 e. The van der Waals surface area contributed by atoms with Crippen molar-refractivity contribution in [1.82, 2.24) is 9.55 Å². The Balaban J connectivity index is 2.67. The van der Waals surface area contributed by atoms with Crippen molar-refractivity contribution >= 4 is 74.8 Å². The number of benzene rings is 1. The highest BCUT2D eigenvalue weighted by Gasteiger charge is 2.17. The Kier molecular flexibility index (Phi) is 4.68. The normalized spacial score (nSPS) is 11.4. The molecule has 2 N–H and O–H groups in total. The number of nitrogens with two attached hydrogens (primary N) is 1. The number of hydrogen-bond acceptors (Lipinski definition) is 2. The van der Waals surface area contributed by atoms with E-state index in [1.165, 1.54) is 0 Å². The number of nitrogens with zero attached hydrogens (tertiary/aromatic N) is 2. The standard InChI is InChI=1S/C10H9Br4N3/c11-5-6(12)8(14)10-9(7(5)13)16-4-17(10)3-1-2-15/h4H,1-3,15H2. The van der Waals surface area contributed by atoms with E-state index >= 15 is 0 Å². The molecular weight excluding hydrogens is 482 g/mol. The van der Waals surface area contributed by atoms with Crippen LogP contribution in [0.2, 0.25) is 0 Å². The molecule has 0 aliphatic heterocycles. The lowest BCUT2D eigenvalue weighted by Crippen LogP contribution is -2.05. The molecule has 0 saturated heterocycles. The summed E-state index contributed by atoms with van der Waals surface area (Å²) in [6.45, 7) is 1.54. The highest BCUT2D eigenvalue weighted by molar-refractivity contribution is 9.15. The van der Waals surface area contributed by atoms with Crippen LogP contribution in [0, 0.1) is 0 Å². The van der Waals surface area contributed by atoms with E-state index in [4.69, 9.17) is 5.73 Å². The van der Waals surface area contributed by atoms with E-state index < -0.39 is 0 Å². The van der Waals surface area contributed by atoms with Gasteiger partial charge < -0.3 is 10.3 Å². The summed E-state index contributed by atoms with van der Waals surface area (Å²) in [7, 11) is 0. The second-order valence-electron chi connectivity index (χ2n) is 3.53. The lowest BCUT2D eigenvalue weighted by molar-refractivity contribution is 0.665. The van der Waals surface area contributed by atoms with Crippen LogP contribution in [-0.4, -0.2) is 16.1 Å². The van der Waals surface area contributed by atoms with Gasteiger partial charge in [0.05, 0.1) is 20.8 Å². The first-order chi connectivity index (χ1) is 8.07. The van der Waals surface area contributed by atoms with Crippen molar-refractivity contribution in [2.45, 2.75) is 13.0 Å². The number of aromatic nitrogens is 2. The lowest BCUT2D eigenvalue weighted by atomic mass is 10.3. The fourth-order valence-corrected chi connectivity index (χ4v) is 4.01. The van der Waals surface area contributed by atoms with Crippen LogP contribution < -0.4 is 5.73 Å². The van der Waals surface area contributed by atoms with Crippen molar-refractivity contribution in [3.8, 4) is 0 Å². The van der Waals surface area contributed by atoms with E-state index in [-0.39, 0.29) is 0 Å². The van der Waals surface area contributed by atoms with Gasteiger partial charge in [-0.05, 0) is 76.7 Å². The molecule has 1 heterocycles. The van der Waals surface area contributed by atoms with Crippen molar-refractivity contribution in [1.29, 1.82) is 0 Å². The zero-order chi connectivity index (χ0) is 12.6. The monoisotopic (exact) mass is 487 g/mol. The van der Waals surface area contributed by atoms with Gasteiger partial charge in [0, 0.05) is 15.5 Å². The average molecular weight is 491 g/mol. The minimum absolute atomic E-state index is 0.677. The topological polar surface area (TPSA) is 43.8 Å². The smallest absolute Gasteiger partial charge is 0.105 e. The van der Waals surface area contributed by atoms with Gasteiger partial charge in [0.25, 0.3) is 0 Å². The first kappa shape index (κ1) is 14.0. The summed E-state index contributed by atoms with van der Waals surface area (Å²) in [4.78, 5) is 4.43. The summed E-state index contributed by atoms with van der Waals surface area (Å²) in [5.74, 6) is 0. The van der Waals surface area contributed by atoms with Crippen molar-refractivity contribution in [2.24, 2.45) is 5.73 Å².